The van der Waals surface area contributed by atoms with Crippen LogP contribution in [0, 0.1) is 5.92 Å². The van der Waals surface area contributed by atoms with E-state index in [4.69, 9.17) is 9.47 Å². The Morgan fingerprint density at radius 1 is 1.17 bits per heavy atom. The smallest absolute Gasteiger partial charge is 0.138 e. The van der Waals surface area contributed by atoms with Gasteiger partial charge < -0.3 is 9.47 Å². The van der Waals surface area contributed by atoms with Gasteiger partial charge in [-0.25, -0.2) is 0 Å². The van der Waals surface area contributed by atoms with Crippen molar-refractivity contribution in [2.45, 2.75) is 23.8 Å². The molecule has 1 aromatic carbocycles. The average molecular weight is 351 g/mol. The number of thioether (sulfide) groups is 2. The van der Waals surface area contributed by atoms with Crippen LogP contribution in [0.4, 0.5) is 0 Å². The highest BCUT2D eigenvalue weighted by Gasteiger charge is 2.46. The Bertz CT molecular complexity index is 648. The lowest BCUT2D eigenvalue weighted by molar-refractivity contribution is -0.119. The van der Waals surface area contributed by atoms with Crippen molar-refractivity contribution in [1.82, 2.24) is 0 Å². The van der Waals surface area contributed by atoms with Crippen LogP contribution in [-0.4, -0.2) is 35.6 Å². The van der Waals surface area contributed by atoms with Crippen LogP contribution in [0.25, 0.3) is 6.08 Å². The van der Waals surface area contributed by atoms with Gasteiger partial charge in [-0.2, -0.15) is 0 Å². The second kappa shape index (κ2) is 6.44. The van der Waals surface area contributed by atoms with E-state index in [2.05, 4.69) is 19.1 Å². The van der Waals surface area contributed by atoms with Gasteiger partial charge in [0.25, 0.3) is 0 Å². The van der Waals surface area contributed by atoms with Crippen molar-refractivity contribution in [2.75, 3.05) is 25.7 Å². The average Bonchev–Trinajstić information content (AvgIpc) is 3.00. The summed E-state index contributed by atoms with van der Waals surface area (Å²) in [5, 5.41) is 0. The van der Waals surface area contributed by atoms with E-state index >= 15 is 0 Å². The van der Waals surface area contributed by atoms with Crippen LogP contribution < -0.4 is 9.47 Å². The fourth-order valence-electron chi connectivity index (χ4n) is 3.59. The normalized spacial score (nSPS) is 25.0. The Labute approximate surface area is 146 Å². The molecule has 0 bridgehead atoms. The third kappa shape index (κ3) is 2.78. The number of methoxy groups -OCH3 is 2. The molecule has 2 atom stereocenters. The Kier molecular flexibility index (Phi) is 4.70. The van der Waals surface area contributed by atoms with Gasteiger partial charge in [0, 0.05) is 28.6 Å². The molecule has 1 saturated heterocycles. The Morgan fingerprint density at radius 2 is 1.78 bits per heavy atom. The minimum Gasteiger partial charge on any atom is -0.496 e. The minimum atomic E-state index is -0.192. The second-order valence-electron chi connectivity index (χ2n) is 5.98. The van der Waals surface area contributed by atoms with Crippen LogP contribution in [0.2, 0.25) is 0 Å². The molecule has 0 amide bonds. The summed E-state index contributed by atoms with van der Waals surface area (Å²) in [6.45, 7) is 3.95. The summed E-state index contributed by atoms with van der Waals surface area (Å²) in [5.41, 5.74) is 1.95. The monoisotopic (exact) mass is 350 g/mol. The third-order valence-corrected chi connectivity index (χ3v) is 8.16. The first-order chi connectivity index (χ1) is 11.0. The Balaban J connectivity index is 2.17. The summed E-state index contributed by atoms with van der Waals surface area (Å²) in [4.78, 5) is 12.6. The van der Waals surface area contributed by atoms with Crippen molar-refractivity contribution in [2.24, 2.45) is 5.92 Å². The minimum absolute atomic E-state index is 0.0264. The predicted molar refractivity (Wildman–Crippen MR) is 98.8 cm³/mol. The maximum Gasteiger partial charge on any atom is 0.138 e. The van der Waals surface area contributed by atoms with Gasteiger partial charge in [0.2, 0.25) is 0 Å². The summed E-state index contributed by atoms with van der Waals surface area (Å²) >= 11 is 3.92. The van der Waals surface area contributed by atoms with E-state index < -0.39 is 0 Å². The molecule has 5 heteroatoms. The summed E-state index contributed by atoms with van der Waals surface area (Å²) in [6, 6.07) is 3.81. The van der Waals surface area contributed by atoms with E-state index in [1.807, 2.05) is 35.7 Å². The first-order valence-electron chi connectivity index (χ1n) is 7.73. The molecule has 1 heterocycles. The van der Waals surface area contributed by atoms with Gasteiger partial charge in [-0.1, -0.05) is 12.2 Å². The van der Waals surface area contributed by atoms with E-state index in [1.54, 1.807) is 21.1 Å². The van der Waals surface area contributed by atoms with E-state index in [9.17, 15) is 4.79 Å². The molecule has 1 fully saturated rings. The molecule has 23 heavy (non-hydrogen) atoms. The van der Waals surface area contributed by atoms with E-state index in [0.29, 0.717) is 0 Å². The van der Waals surface area contributed by atoms with Crippen LogP contribution in [-0.2, 0) is 4.79 Å². The quantitative estimate of drug-likeness (QED) is 0.812. The molecule has 0 aromatic heterocycles. The second-order valence-corrected chi connectivity index (χ2v) is 9.33. The lowest BCUT2D eigenvalue weighted by Gasteiger charge is -2.39. The number of hydrogen-bond donors (Lipinski definition) is 0. The van der Waals surface area contributed by atoms with Gasteiger partial charge in [-0.05, 0) is 26.0 Å². The number of fused-ring (bicyclic) bond motifs is 1. The maximum atomic E-state index is 12.6. The molecule has 0 N–H and O–H groups in total. The molecular weight excluding hydrogens is 328 g/mol. The van der Waals surface area contributed by atoms with Crippen LogP contribution in [0.1, 0.15) is 30.9 Å². The first-order valence-corrected chi connectivity index (χ1v) is 9.70. The van der Waals surface area contributed by atoms with Crippen molar-refractivity contribution in [3.63, 3.8) is 0 Å². The number of carbonyl (C=O) groups is 1. The largest absolute Gasteiger partial charge is 0.496 e. The van der Waals surface area contributed by atoms with Crippen LogP contribution in [0.5, 0.6) is 11.5 Å². The number of rotatable bonds is 4. The fourth-order valence-corrected chi connectivity index (χ4v) is 6.72. The number of ketones is 1. The van der Waals surface area contributed by atoms with E-state index in [1.165, 1.54) is 0 Å². The highest BCUT2D eigenvalue weighted by molar-refractivity contribution is 8.21. The number of allylic oxidation sites excluding steroid dienone is 1. The molecular formula is C18H22O3S2. The molecule has 3 rings (SSSR count). The van der Waals surface area contributed by atoms with Gasteiger partial charge >= 0.3 is 0 Å². The highest BCUT2D eigenvalue weighted by atomic mass is 32.2. The van der Waals surface area contributed by atoms with Crippen LogP contribution >= 0.6 is 23.5 Å². The van der Waals surface area contributed by atoms with Gasteiger partial charge in [0.15, 0.2) is 0 Å². The zero-order chi connectivity index (χ0) is 16.6. The SMILES string of the molecule is COc1ccc(OC)c2c1C=C[C@H](C1(C)SCCS1)C2C(C)=O. The van der Waals surface area contributed by atoms with E-state index in [-0.39, 0.29) is 21.7 Å². The molecule has 0 radical (unpaired) electrons. The lowest BCUT2D eigenvalue weighted by atomic mass is 9.75. The summed E-state index contributed by atoms with van der Waals surface area (Å²) in [5.74, 6) is 3.98. The van der Waals surface area contributed by atoms with E-state index in [0.717, 1.165) is 34.1 Å². The van der Waals surface area contributed by atoms with Crippen molar-refractivity contribution < 1.29 is 14.3 Å². The maximum absolute atomic E-state index is 12.6. The highest BCUT2D eigenvalue weighted by Crippen LogP contribution is 2.57. The molecule has 0 saturated carbocycles. The zero-order valence-electron chi connectivity index (χ0n) is 13.9. The van der Waals surface area contributed by atoms with Crippen molar-refractivity contribution in [1.29, 1.82) is 0 Å². The molecule has 0 spiro atoms. The summed E-state index contributed by atoms with van der Waals surface area (Å²) in [7, 11) is 3.32. The zero-order valence-corrected chi connectivity index (χ0v) is 15.6. The molecule has 1 aliphatic carbocycles. The van der Waals surface area contributed by atoms with Crippen molar-refractivity contribution in [3.05, 3.63) is 29.3 Å². The third-order valence-electron chi connectivity index (χ3n) is 4.69. The number of hydrogen-bond acceptors (Lipinski definition) is 5. The molecule has 124 valence electrons. The van der Waals surface area contributed by atoms with Crippen LogP contribution in [0.15, 0.2) is 18.2 Å². The van der Waals surface area contributed by atoms with Gasteiger partial charge in [0.1, 0.15) is 17.3 Å². The number of Topliss-reactive ketones (excluding diaryl/α,β-unsaturated/α-hetero) is 1. The van der Waals surface area contributed by atoms with Gasteiger partial charge in [-0.15, -0.1) is 23.5 Å². The first kappa shape index (κ1) is 16.8. The topological polar surface area (TPSA) is 35.5 Å². The number of carbonyl (C=O) groups excluding carboxylic acids is 1. The Morgan fingerprint density at radius 3 is 2.35 bits per heavy atom. The predicted octanol–water partition coefficient (Wildman–Crippen LogP) is 4.22. The molecule has 1 unspecified atom stereocenters. The molecule has 3 nitrogen and oxygen atoms in total. The van der Waals surface area contributed by atoms with Gasteiger partial charge in [-0.3, -0.25) is 4.79 Å². The summed E-state index contributed by atoms with van der Waals surface area (Å²) < 4.78 is 11.1. The standard InChI is InChI=1S/C18H22O3S2/c1-11(19)16-13(18(2)22-9-10-23-18)6-5-12-14(20-3)7-8-15(21-4)17(12)16/h5-8,13,16H,9-10H2,1-4H3/t13-,16?/m0/s1. The van der Waals surface area contributed by atoms with Gasteiger partial charge in [0.05, 0.1) is 24.2 Å². The summed E-state index contributed by atoms with van der Waals surface area (Å²) in [6.07, 6.45) is 4.30. The molecule has 2 aliphatic rings. The Hall–Kier alpha value is -1.07. The lowest BCUT2D eigenvalue weighted by Crippen LogP contribution is -2.34. The van der Waals surface area contributed by atoms with Crippen molar-refractivity contribution in [3.8, 4) is 11.5 Å². The van der Waals surface area contributed by atoms with Crippen molar-refractivity contribution >= 4 is 35.4 Å². The number of benzene rings is 1. The fraction of sp³-hybridized carbons (Fsp3) is 0.500. The molecule has 1 aliphatic heterocycles. The number of ether oxygens (including phenoxy) is 2. The van der Waals surface area contributed by atoms with Crippen LogP contribution in [0.3, 0.4) is 0 Å². The molecule has 1 aromatic rings.